The Bertz CT molecular complexity index is 178. The first kappa shape index (κ1) is 10.3. The Hall–Kier alpha value is -0.810. The Labute approximate surface area is 78.3 Å². The normalized spacial score (nSPS) is 17.0. The van der Waals surface area contributed by atoms with Crippen molar-refractivity contribution in [3.05, 3.63) is 0 Å². The summed E-state index contributed by atoms with van der Waals surface area (Å²) in [5.74, 6) is 0. The third-order valence-corrected chi connectivity index (χ3v) is 2.08. The van der Waals surface area contributed by atoms with Crippen LogP contribution in [0.4, 0.5) is 4.79 Å². The van der Waals surface area contributed by atoms with Crippen molar-refractivity contribution in [1.29, 1.82) is 0 Å². The van der Waals surface area contributed by atoms with Crippen LogP contribution in [-0.4, -0.2) is 67.3 Å². The van der Waals surface area contributed by atoms with Crippen LogP contribution in [-0.2, 0) is 0 Å². The number of nitrogens with one attached hydrogen (secondary N) is 1. The zero-order chi connectivity index (χ0) is 9.84. The van der Waals surface area contributed by atoms with Crippen LogP contribution in [0.25, 0.3) is 0 Å². The van der Waals surface area contributed by atoms with Crippen molar-refractivity contribution < 1.29 is 9.90 Å². The lowest BCUT2D eigenvalue weighted by atomic mass is 10.1. The molecule has 1 aliphatic heterocycles. The minimum absolute atomic E-state index is 0.0575. The monoisotopic (exact) mass is 187 g/mol. The van der Waals surface area contributed by atoms with Gasteiger partial charge < -0.3 is 20.2 Å². The van der Waals surface area contributed by atoms with Crippen LogP contribution < -0.4 is 5.32 Å². The number of aliphatic hydroxyl groups is 1. The average Bonchev–Trinajstić information content (AvgIpc) is 2.01. The molecule has 0 aromatic heterocycles. The molecule has 0 saturated carbocycles. The molecular weight excluding hydrogens is 170 g/mol. The first-order valence-electron chi connectivity index (χ1n) is 4.45. The van der Waals surface area contributed by atoms with E-state index in [-0.39, 0.29) is 12.6 Å². The number of urea groups is 1. The van der Waals surface area contributed by atoms with Gasteiger partial charge in [0, 0.05) is 39.8 Å². The van der Waals surface area contributed by atoms with Crippen LogP contribution in [0, 0.1) is 0 Å². The fraction of sp³-hybridized carbons (Fsp3) is 0.875. The number of nitrogens with zero attached hydrogens (tertiary/aromatic N) is 2. The summed E-state index contributed by atoms with van der Waals surface area (Å²) in [6.45, 7) is 2.25. The number of hydrogen-bond donors (Lipinski definition) is 2. The van der Waals surface area contributed by atoms with Gasteiger partial charge in [0.25, 0.3) is 0 Å². The molecule has 0 atom stereocenters. The van der Waals surface area contributed by atoms with Gasteiger partial charge in [0.05, 0.1) is 6.61 Å². The molecule has 0 bridgehead atoms. The van der Waals surface area contributed by atoms with Crippen LogP contribution in [0.1, 0.15) is 0 Å². The number of carbonyl (C=O) groups is 1. The summed E-state index contributed by atoms with van der Waals surface area (Å²) in [6, 6.07) is 0.415. The molecule has 5 heteroatoms. The van der Waals surface area contributed by atoms with E-state index >= 15 is 0 Å². The molecular formula is C8H17N3O2. The van der Waals surface area contributed by atoms with E-state index in [0.29, 0.717) is 12.6 Å². The van der Waals surface area contributed by atoms with Gasteiger partial charge in [-0.25, -0.2) is 4.79 Å². The quantitative estimate of drug-likeness (QED) is 0.592. The zero-order valence-electron chi connectivity index (χ0n) is 8.16. The average molecular weight is 187 g/mol. The third-order valence-electron chi connectivity index (χ3n) is 2.08. The first-order chi connectivity index (χ1) is 6.15. The standard InChI is InChI=1S/C8H17N3O2/c1-10(2)8(13)11-5-7(6-11)9-3-4-12/h7,9,12H,3-6H2,1-2H3. The molecule has 13 heavy (non-hydrogen) atoms. The predicted octanol–water partition coefficient (Wildman–Crippen LogP) is -1.07. The first-order valence-corrected chi connectivity index (χ1v) is 4.45. The van der Waals surface area contributed by atoms with Crippen LogP contribution in [0.2, 0.25) is 0 Å². The fourth-order valence-corrected chi connectivity index (χ4v) is 1.32. The van der Waals surface area contributed by atoms with Crippen molar-refractivity contribution in [1.82, 2.24) is 15.1 Å². The Morgan fingerprint density at radius 1 is 1.62 bits per heavy atom. The fourth-order valence-electron chi connectivity index (χ4n) is 1.32. The summed E-state index contributed by atoms with van der Waals surface area (Å²) in [5.41, 5.74) is 0. The van der Waals surface area contributed by atoms with Gasteiger partial charge in [0.2, 0.25) is 0 Å². The number of carbonyl (C=O) groups excluding carboxylic acids is 1. The highest BCUT2D eigenvalue weighted by molar-refractivity contribution is 5.74. The topological polar surface area (TPSA) is 55.8 Å². The molecule has 0 radical (unpaired) electrons. The summed E-state index contributed by atoms with van der Waals surface area (Å²) < 4.78 is 0. The number of aliphatic hydroxyl groups excluding tert-OH is 1. The van der Waals surface area contributed by atoms with Gasteiger partial charge in [-0.15, -0.1) is 0 Å². The number of likely N-dealkylation sites (tertiary alicyclic amines) is 1. The van der Waals surface area contributed by atoms with Crippen molar-refractivity contribution in [2.45, 2.75) is 6.04 Å². The van der Waals surface area contributed by atoms with Crippen molar-refractivity contribution in [3.8, 4) is 0 Å². The molecule has 1 fully saturated rings. The lowest BCUT2D eigenvalue weighted by Gasteiger charge is -2.40. The van der Waals surface area contributed by atoms with E-state index in [1.165, 1.54) is 0 Å². The molecule has 1 saturated heterocycles. The van der Waals surface area contributed by atoms with Crippen LogP contribution >= 0.6 is 0 Å². The molecule has 1 rings (SSSR count). The van der Waals surface area contributed by atoms with E-state index in [2.05, 4.69) is 5.32 Å². The van der Waals surface area contributed by atoms with Gasteiger partial charge in [-0.3, -0.25) is 0 Å². The summed E-state index contributed by atoms with van der Waals surface area (Å²) in [6.07, 6.45) is 0. The van der Waals surface area contributed by atoms with Gasteiger partial charge >= 0.3 is 6.03 Å². The molecule has 0 aromatic rings. The molecule has 2 amide bonds. The Balaban J connectivity index is 2.14. The van der Waals surface area contributed by atoms with E-state index in [9.17, 15) is 4.79 Å². The molecule has 76 valence electrons. The van der Waals surface area contributed by atoms with Crippen LogP contribution in [0.15, 0.2) is 0 Å². The van der Waals surface area contributed by atoms with Gasteiger partial charge in [-0.05, 0) is 0 Å². The minimum Gasteiger partial charge on any atom is -0.395 e. The van der Waals surface area contributed by atoms with E-state index in [1.54, 1.807) is 23.9 Å². The Morgan fingerprint density at radius 2 is 2.23 bits per heavy atom. The van der Waals surface area contributed by atoms with Gasteiger partial charge in [-0.2, -0.15) is 0 Å². The second kappa shape index (κ2) is 4.43. The maximum Gasteiger partial charge on any atom is 0.319 e. The molecule has 0 aromatic carbocycles. The Kier molecular flexibility index (Phi) is 3.50. The summed E-state index contributed by atoms with van der Waals surface area (Å²) >= 11 is 0. The van der Waals surface area contributed by atoms with Crippen molar-refractivity contribution in [2.75, 3.05) is 40.3 Å². The maximum absolute atomic E-state index is 11.3. The van der Waals surface area contributed by atoms with Crippen LogP contribution in [0.3, 0.4) is 0 Å². The van der Waals surface area contributed by atoms with Crippen molar-refractivity contribution in [2.24, 2.45) is 0 Å². The summed E-state index contributed by atoms with van der Waals surface area (Å²) in [7, 11) is 3.49. The van der Waals surface area contributed by atoms with E-state index in [4.69, 9.17) is 5.11 Å². The lowest BCUT2D eigenvalue weighted by Crippen LogP contribution is -2.61. The number of rotatable bonds is 3. The van der Waals surface area contributed by atoms with Gasteiger partial charge in [0.1, 0.15) is 0 Å². The highest BCUT2D eigenvalue weighted by Crippen LogP contribution is 2.09. The van der Waals surface area contributed by atoms with E-state index < -0.39 is 0 Å². The van der Waals surface area contributed by atoms with Crippen molar-refractivity contribution >= 4 is 6.03 Å². The molecule has 0 spiro atoms. The van der Waals surface area contributed by atoms with E-state index in [0.717, 1.165) is 13.1 Å². The third kappa shape index (κ3) is 2.57. The predicted molar refractivity (Wildman–Crippen MR) is 49.5 cm³/mol. The lowest BCUT2D eigenvalue weighted by molar-refractivity contribution is 0.114. The largest absolute Gasteiger partial charge is 0.395 e. The summed E-state index contributed by atoms with van der Waals surface area (Å²) in [4.78, 5) is 14.7. The number of amides is 2. The minimum atomic E-state index is 0.0575. The maximum atomic E-state index is 11.3. The SMILES string of the molecule is CN(C)C(=O)N1CC(NCCO)C1. The van der Waals surface area contributed by atoms with E-state index in [1.807, 2.05) is 0 Å². The molecule has 0 unspecified atom stereocenters. The zero-order valence-corrected chi connectivity index (χ0v) is 8.16. The molecule has 0 aliphatic carbocycles. The Morgan fingerprint density at radius 3 is 2.69 bits per heavy atom. The smallest absolute Gasteiger partial charge is 0.319 e. The highest BCUT2D eigenvalue weighted by Gasteiger charge is 2.30. The number of hydrogen-bond acceptors (Lipinski definition) is 3. The second-order valence-electron chi connectivity index (χ2n) is 3.46. The molecule has 2 N–H and O–H groups in total. The van der Waals surface area contributed by atoms with Gasteiger partial charge in [0.15, 0.2) is 0 Å². The molecule has 1 aliphatic rings. The van der Waals surface area contributed by atoms with Crippen molar-refractivity contribution in [3.63, 3.8) is 0 Å². The molecule has 1 heterocycles. The van der Waals surface area contributed by atoms with Gasteiger partial charge in [-0.1, -0.05) is 0 Å². The molecule has 5 nitrogen and oxygen atoms in total. The second-order valence-corrected chi connectivity index (χ2v) is 3.46. The summed E-state index contributed by atoms with van der Waals surface area (Å²) in [5, 5.41) is 11.7. The van der Waals surface area contributed by atoms with Crippen LogP contribution in [0.5, 0.6) is 0 Å². The highest BCUT2D eigenvalue weighted by atomic mass is 16.3.